The Morgan fingerprint density at radius 3 is 2.50 bits per heavy atom. The normalized spacial score (nSPS) is 19.5. The van der Waals surface area contributed by atoms with Crippen LogP contribution in [0, 0.1) is 5.92 Å². The van der Waals surface area contributed by atoms with Gasteiger partial charge in [-0.1, -0.05) is 38.8 Å². The van der Waals surface area contributed by atoms with E-state index in [1.165, 1.54) is 25.6 Å². The number of nitrogens with zero attached hydrogens (tertiary/aromatic N) is 5. The van der Waals surface area contributed by atoms with Gasteiger partial charge in [0, 0.05) is 32.0 Å². The van der Waals surface area contributed by atoms with Crippen molar-refractivity contribution in [1.29, 1.82) is 0 Å². The van der Waals surface area contributed by atoms with Crippen LogP contribution in [0.15, 0.2) is 69.5 Å². The number of benzene rings is 1. The van der Waals surface area contributed by atoms with E-state index in [4.69, 9.17) is 4.99 Å². The Labute approximate surface area is 245 Å². The molecule has 2 heterocycles. The van der Waals surface area contributed by atoms with Crippen molar-refractivity contribution in [3.63, 3.8) is 0 Å². The highest BCUT2D eigenvalue weighted by molar-refractivity contribution is 6.32. The number of halogens is 3. The Bertz CT molecular complexity index is 1360. The van der Waals surface area contributed by atoms with E-state index >= 15 is 0 Å². The predicted molar refractivity (Wildman–Crippen MR) is 161 cm³/mol. The fraction of sp³-hybridized carbons (Fsp3) is 0.469. The minimum atomic E-state index is -4.42. The van der Waals surface area contributed by atoms with Crippen molar-refractivity contribution in [2.24, 2.45) is 20.9 Å². The van der Waals surface area contributed by atoms with Crippen LogP contribution in [0.4, 0.5) is 13.2 Å². The van der Waals surface area contributed by atoms with Crippen molar-refractivity contribution >= 4 is 23.8 Å². The number of aromatic nitrogens is 1. The summed E-state index contributed by atoms with van der Waals surface area (Å²) in [6.45, 7) is 6.67. The molecule has 1 aliphatic heterocycles. The van der Waals surface area contributed by atoms with Crippen molar-refractivity contribution < 1.29 is 18.0 Å². The molecule has 2 atom stereocenters. The second-order valence-electron chi connectivity index (χ2n) is 10.9. The molecule has 7 nitrogen and oxygen atoms in total. The molecule has 1 fully saturated rings. The highest BCUT2D eigenvalue weighted by atomic mass is 19.4. The third-order valence-corrected chi connectivity index (χ3v) is 8.12. The van der Waals surface area contributed by atoms with Crippen LogP contribution >= 0.6 is 0 Å². The minimum absolute atomic E-state index is 0.0156. The van der Waals surface area contributed by atoms with E-state index in [9.17, 15) is 18.0 Å². The summed E-state index contributed by atoms with van der Waals surface area (Å²) in [5.74, 6) is 1.69. The topological polar surface area (TPSA) is 82.3 Å². The number of alkyl halides is 3. The number of carbonyl (C=O) groups is 1. The molecule has 4 rings (SSSR count). The molecule has 0 radical (unpaired) electrons. The van der Waals surface area contributed by atoms with Crippen molar-refractivity contribution in [3.05, 3.63) is 76.9 Å². The van der Waals surface area contributed by atoms with E-state index in [0.29, 0.717) is 40.9 Å². The number of hydrogen-bond donors (Lipinski definition) is 1. The van der Waals surface area contributed by atoms with Crippen LogP contribution in [0.5, 0.6) is 0 Å². The van der Waals surface area contributed by atoms with Crippen LogP contribution in [0.25, 0.3) is 0 Å². The van der Waals surface area contributed by atoms with Gasteiger partial charge in [0.15, 0.2) is 23.8 Å². The number of rotatable bonds is 11. The van der Waals surface area contributed by atoms with Gasteiger partial charge in [-0.25, -0.2) is 9.98 Å². The maximum Gasteiger partial charge on any atom is 0.416 e. The summed E-state index contributed by atoms with van der Waals surface area (Å²) in [6, 6.07) is 9.37. The Morgan fingerprint density at radius 2 is 1.93 bits per heavy atom. The van der Waals surface area contributed by atoms with Crippen LogP contribution in [-0.2, 0) is 17.5 Å². The molecule has 0 saturated heterocycles. The molecule has 1 unspecified atom stereocenters. The molecule has 224 valence electrons. The first kappa shape index (κ1) is 31.1. The van der Waals surface area contributed by atoms with E-state index in [0.717, 1.165) is 49.8 Å². The number of pyridine rings is 1. The average molecular weight is 581 g/mol. The minimum Gasteiger partial charge on any atom is -0.386 e. The summed E-state index contributed by atoms with van der Waals surface area (Å²) in [5, 5.41) is 3.48. The number of carbonyl (C=O) groups excluding carboxylic acids is 1. The van der Waals surface area contributed by atoms with Crippen molar-refractivity contribution in [2.45, 2.75) is 84.0 Å². The zero-order valence-corrected chi connectivity index (χ0v) is 24.7. The fourth-order valence-corrected chi connectivity index (χ4v) is 5.32. The molecule has 42 heavy (non-hydrogen) atoms. The van der Waals surface area contributed by atoms with Gasteiger partial charge in [0.05, 0.1) is 5.56 Å². The van der Waals surface area contributed by atoms with Gasteiger partial charge in [0.2, 0.25) is 0 Å². The zero-order chi connectivity index (χ0) is 30.3. The lowest BCUT2D eigenvalue weighted by Gasteiger charge is -2.32. The Hall–Kier alpha value is -3.82. The Morgan fingerprint density at radius 1 is 1.19 bits per heavy atom. The van der Waals surface area contributed by atoms with Gasteiger partial charge < -0.3 is 10.2 Å². The molecule has 1 aromatic heterocycles. The third kappa shape index (κ3) is 7.33. The van der Waals surface area contributed by atoms with Crippen LogP contribution in [-0.4, -0.2) is 46.8 Å². The second kappa shape index (κ2) is 13.9. The summed E-state index contributed by atoms with van der Waals surface area (Å²) >= 11 is 0. The van der Waals surface area contributed by atoms with Crippen molar-refractivity contribution in [3.8, 4) is 0 Å². The first-order valence-corrected chi connectivity index (χ1v) is 14.6. The molecule has 2 aromatic rings. The van der Waals surface area contributed by atoms with Crippen LogP contribution in [0.1, 0.15) is 87.6 Å². The number of amidine groups is 3. The largest absolute Gasteiger partial charge is 0.416 e. The monoisotopic (exact) mass is 580 g/mol. The number of aldehydes is 1. The highest BCUT2D eigenvalue weighted by Gasteiger charge is 2.33. The Kier molecular flexibility index (Phi) is 10.3. The van der Waals surface area contributed by atoms with Gasteiger partial charge in [-0.05, 0) is 79.8 Å². The molecule has 10 heteroatoms. The van der Waals surface area contributed by atoms with Gasteiger partial charge in [0.1, 0.15) is 11.4 Å². The van der Waals surface area contributed by atoms with Crippen LogP contribution < -0.4 is 5.32 Å². The molecule has 0 bridgehead atoms. The molecule has 1 saturated carbocycles. The SMILES string of the molecule is CCCC(CC)c1ccnc(C2=NC(=N/C(C=O)=N\C)/C(=C/N[C@H](C)C3CCC3)N2Cc2ccc(C(F)(F)F)cc2)c1. The lowest BCUT2D eigenvalue weighted by atomic mass is 9.80. The summed E-state index contributed by atoms with van der Waals surface area (Å²) in [6.07, 6.45) is 6.34. The summed E-state index contributed by atoms with van der Waals surface area (Å²) in [5.41, 5.74) is 2.31. The maximum atomic E-state index is 13.3. The average Bonchev–Trinajstić information content (AvgIpc) is 3.28. The third-order valence-electron chi connectivity index (χ3n) is 8.12. The maximum absolute atomic E-state index is 13.3. The predicted octanol–water partition coefficient (Wildman–Crippen LogP) is 6.90. The number of hydrogen-bond acceptors (Lipinski definition) is 5. The molecule has 0 amide bonds. The van der Waals surface area contributed by atoms with Crippen molar-refractivity contribution in [1.82, 2.24) is 15.2 Å². The van der Waals surface area contributed by atoms with Crippen LogP contribution in [0.2, 0.25) is 0 Å². The quantitative estimate of drug-likeness (QED) is 0.178. The molecule has 0 spiro atoms. The lowest BCUT2D eigenvalue weighted by molar-refractivity contribution is -0.137. The molecular weight excluding hydrogens is 541 g/mol. The van der Waals surface area contributed by atoms with Crippen molar-refractivity contribution in [2.75, 3.05) is 7.05 Å². The van der Waals surface area contributed by atoms with Crippen LogP contribution in [0.3, 0.4) is 0 Å². The molecule has 1 N–H and O–H groups in total. The summed E-state index contributed by atoms with van der Waals surface area (Å²) in [4.78, 5) is 31.4. The summed E-state index contributed by atoms with van der Waals surface area (Å²) < 4.78 is 39.8. The fourth-order valence-electron chi connectivity index (χ4n) is 5.32. The highest BCUT2D eigenvalue weighted by Crippen LogP contribution is 2.32. The second-order valence-corrected chi connectivity index (χ2v) is 10.9. The van der Waals surface area contributed by atoms with Gasteiger partial charge in [-0.3, -0.25) is 14.8 Å². The van der Waals surface area contributed by atoms with E-state index in [-0.39, 0.29) is 24.3 Å². The number of aliphatic imine (C=N–C) groups is 3. The van der Waals surface area contributed by atoms with E-state index in [1.807, 2.05) is 23.2 Å². The van der Waals surface area contributed by atoms with Gasteiger partial charge in [0.25, 0.3) is 0 Å². The van der Waals surface area contributed by atoms with E-state index in [2.05, 4.69) is 41.1 Å². The van der Waals surface area contributed by atoms with Gasteiger partial charge >= 0.3 is 6.18 Å². The summed E-state index contributed by atoms with van der Waals surface area (Å²) in [7, 11) is 1.48. The molecule has 1 aromatic carbocycles. The first-order valence-electron chi connectivity index (χ1n) is 14.6. The Balaban J connectivity index is 1.80. The first-order chi connectivity index (χ1) is 20.2. The molecular formula is C32H39F3N6O. The van der Waals surface area contributed by atoms with E-state index < -0.39 is 11.7 Å². The van der Waals surface area contributed by atoms with Gasteiger partial charge in [-0.2, -0.15) is 13.2 Å². The zero-order valence-electron chi connectivity index (χ0n) is 24.7. The molecule has 2 aliphatic rings. The smallest absolute Gasteiger partial charge is 0.386 e. The number of nitrogens with one attached hydrogen (secondary N) is 1. The molecule has 1 aliphatic carbocycles. The lowest BCUT2D eigenvalue weighted by Crippen LogP contribution is -2.36. The standard InChI is InChI=1S/C32H39F3N6O/c1-5-8-23(6-2)25-15-16-37-27(17-25)31-40-30(39-29(20-42)36-4)28(18-38-21(3)24-9-7-10-24)41(31)19-22-11-13-26(14-12-22)32(33,34)35/h11-18,20-21,23-24,38H,5-10,19H2,1-4H3/b28-18-,36-29-,39-30+/t21-,23?/m1/s1. The van der Waals surface area contributed by atoms with E-state index in [1.54, 1.807) is 6.20 Å². The van der Waals surface area contributed by atoms with Gasteiger partial charge in [-0.15, -0.1) is 0 Å².